The van der Waals surface area contributed by atoms with E-state index >= 15 is 0 Å². The zero-order chi connectivity index (χ0) is 27.5. The van der Waals surface area contributed by atoms with Crippen LogP contribution in [0, 0.1) is 0 Å². The van der Waals surface area contributed by atoms with Crippen molar-refractivity contribution in [2.24, 2.45) is 10.7 Å². The summed E-state index contributed by atoms with van der Waals surface area (Å²) < 4.78 is 34.4. The van der Waals surface area contributed by atoms with E-state index < -0.39 is 15.7 Å². The predicted molar refractivity (Wildman–Crippen MR) is 145 cm³/mol. The molecule has 1 aromatic carbocycles. The minimum absolute atomic E-state index is 0.00132. The van der Waals surface area contributed by atoms with Crippen LogP contribution in [0.25, 0.3) is 0 Å². The van der Waals surface area contributed by atoms with Gasteiger partial charge in [0.1, 0.15) is 17.4 Å². The van der Waals surface area contributed by atoms with Crippen molar-refractivity contribution in [3.05, 3.63) is 84.3 Å². The lowest BCUT2D eigenvalue weighted by Gasteiger charge is -2.15. The number of nitrogens with one attached hydrogen (secondary N) is 2. The second-order valence-electron chi connectivity index (χ2n) is 8.30. The van der Waals surface area contributed by atoms with E-state index in [2.05, 4.69) is 25.6 Å². The number of rotatable bonds is 12. The van der Waals surface area contributed by atoms with Crippen LogP contribution in [-0.2, 0) is 21.1 Å². The van der Waals surface area contributed by atoms with Gasteiger partial charge in [-0.2, -0.15) is 9.98 Å². The molecule has 0 spiro atoms. The number of pyridine rings is 2. The molecule has 3 rings (SSSR count). The fourth-order valence-electron chi connectivity index (χ4n) is 3.20. The zero-order valence-electron chi connectivity index (χ0n) is 21.3. The van der Waals surface area contributed by atoms with E-state index in [0.717, 1.165) is 11.9 Å². The fraction of sp³-hybridized carbons (Fsp3) is 0.231. The van der Waals surface area contributed by atoms with E-state index in [1.165, 1.54) is 42.5 Å². The van der Waals surface area contributed by atoms with Crippen molar-refractivity contribution in [1.29, 1.82) is 0 Å². The summed E-state index contributed by atoms with van der Waals surface area (Å²) in [5, 5.41) is 6.18. The van der Waals surface area contributed by atoms with Crippen LogP contribution in [0.3, 0.4) is 0 Å². The van der Waals surface area contributed by atoms with Crippen LogP contribution in [0.15, 0.2) is 83.0 Å². The molecule has 38 heavy (non-hydrogen) atoms. The van der Waals surface area contributed by atoms with Gasteiger partial charge in [0.15, 0.2) is 9.84 Å². The number of hydrogen-bond acceptors (Lipinski definition) is 9. The first-order valence-corrected chi connectivity index (χ1v) is 13.5. The summed E-state index contributed by atoms with van der Waals surface area (Å²) in [4.78, 5) is 25.6. The van der Waals surface area contributed by atoms with E-state index in [1.807, 2.05) is 25.1 Å². The number of sulfone groups is 1. The van der Waals surface area contributed by atoms with Gasteiger partial charge in [-0.3, -0.25) is 9.78 Å². The molecular formula is C26H30N6O5S. The largest absolute Gasteiger partial charge is 0.439 e. The number of amidine groups is 1. The van der Waals surface area contributed by atoms with Gasteiger partial charge < -0.3 is 25.8 Å². The van der Waals surface area contributed by atoms with E-state index in [0.29, 0.717) is 24.7 Å². The van der Waals surface area contributed by atoms with Crippen molar-refractivity contribution in [2.75, 3.05) is 25.3 Å². The van der Waals surface area contributed by atoms with Gasteiger partial charge in [0.25, 0.3) is 5.91 Å². The van der Waals surface area contributed by atoms with Crippen molar-refractivity contribution in [2.45, 2.75) is 24.4 Å². The molecule has 0 aliphatic heterocycles. The monoisotopic (exact) mass is 538 g/mol. The maximum Gasteiger partial charge on any atom is 0.279 e. The van der Waals surface area contributed by atoms with Crippen LogP contribution < -0.4 is 21.1 Å². The summed E-state index contributed by atoms with van der Waals surface area (Å²) in [6.07, 6.45) is 5.88. The van der Waals surface area contributed by atoms with Gasteiger partial charge in [0, 0.05) is 37.9 Å². The molecule has 4 N–H and O–H groups in total. The topological polar surface area (TPSA) is 158 Å². The number of nitrogens with two attached hydrogens (primary N) is 1. The second-order valence-corrected chi connectivity index (χ2v) is 10.3. The molecule has 1 atom stereocenters. The van der Waals surface area contributed by atoms with Crippen molar-refractivity contribution in [3.63, 3.8) is 0 Å². The van der Waals surface area contributed by atoms with Crippen molar-refractivity contribution in [3.8, 4) is 11.6 Å². The van der Waals surface area contributed by atoms with Crippen LogP contribution in [-0.4, -0.2) is 56.1 Å². The number of methoxy groups -OCH3 is 1. The van der Waals surface area contributed by atoms with Gasteiger partial charge in [-0.05, 0) is 55.5 Å². The molecule has 0 fully saturated rings. The third kappa shape index (κ3) is 8.98. The molecule has 3 aromatic rings. The SMILES string of the molecule is COCC(C)Nc1cc(C(=O)N=C(N)/C=C\NCc2ccccn2)cc(Oc2ccc(S(C)(=O)=O)cc2)n1. The van der Waals surface area contributed by atoms with Gasteiger partial charge in [-0.15, -0.1) is 0 Å². The van der Waals surface area contributed by atoms with Crippen LogP contribution >= 0.6 is 0 Å². The Morgan fingerprint density at radius 2 is 1.95 bits per heavy atom. The average Bonchev–Trinajstić information content (AvgIpc) is 2.87. The molecule has 200 valence electrons. The van der Waals surface area contributed by atoms with Crippen LogP contribution in [0.2, 0.25) is 0 Å². The quantitative estimate of drug-likeness (QED) is 0.231. The first-order valence-electron chi connectivity index (χ1n) is 11.6. The number of anilines is 1. The smallest absolute Gasteiger partial charge is 0.279 e. The maximum absolute atomic E-state index is 12.9. The Labute approximate surface area is 221 Å². The predicted octanol–water partition coefficient (Wildman–Crippen LogP) is 2.92. The maximum atomic E-state index is 12.9. The lowest BCUT2D eigenvalue weighted by Crippen LogP contribution is -2.21. The highest BCUT2D eigenvalue weighted by atomic mass is 32.2. The lowest BCUT2D eigenvalue weighted by atomic mass is 10.2. The minimum Gasteiger partial charge on any atom is -0.439 e. The summed E-state index contributed by atoms with van der Waals surface area (Å²) in [7, 11) is -1.77. The van der Waals surface area contributed by atoms with Crippen LogP contribution in [0.1, 0.15) is 23.0 Å². The molecule has 0 saturated heterocycles. The highest BCUT2D eigenvalue weighted by molar-refractivity contribution is 7.90. The summed E-state index contributed by atoms with van der Waals surface area (Å²) >= 11 is 0. The first kappa shape index (κ1) is 28.3. The Kier molecular flexibility index (Phi) is 9.91. The second kappa shape index (κ2) is 13.3. The molecule has 0 saturated carbocycles. The number of benzene rings is 1. The first-order chi connectivity index (χ1) is 18.1. The van der Waals surface area contributed by atoms with Gasteiger partial charge >= 0.3 is 0 Å². The molecule has 12 heteroatoms. The average molecular weight is 539 g/mol. The fourth-order valence-corrected chi connectivity index (χ4v) is 3.83. The van der Waals surface area contributed by atoms with E-state index in [1.54, 1.807) is 19.5 Å². The van der Waals surface area contributed by atoms with Gasteiger partial charge in [-0.1, -0.05) is 6.07 Å². The molecule has 11 nitrogen and oxygen atoms in total. The molecule has 0 aliphatic rings. The normalized spacial score (nSPS) is 12.8. The Balaban J connectivity index is 1.78. The summed E-state index contributed by atoms with van der Waals surface area (Å²) in [6, 6.07) is 14.3. The summed E-state index contributed by atoms with van der Waals surface area (Å²) in [5.74, 6) is 0.219. The number of nitrogens with zero attached hydrogens (tertiary/aromatic N) is 3. The van der Waals surface area contributed by atoms with Crippen LogP contribution in [0.5, 0.6) is 11.6 Å². The van der Waals surface area contributed by atoms with Crippen molar-refractivity contribution >= 4 is 27.4 Å². The number of aliphatic imine (C=N–C) groups is 1. The Morgan fingerprint density at radius 3 is 2.61 bits per heavy atom. The Bertz CT molecular complexity index is 1390. The molecule has 2 heterocycles. The summed E-state index contributed by atoms with van der Waals surface area (Å²) in [6.45, 7) is 2.79. The highest BCUT2D eigenvalue weighted by Crippen LogP contribution is 2.25. The molecular weight excluding hydrogens is 508 g/mol. The molecule has 2 aromatic heterocycles. The highest BCUT2D eigenvalue weighted by Gasteiger charge is 2.14. The van der Waals surface area contributed by atoms with E-state index in [-0.39, 0.29) is 28.2 Å². The van der Waals surface area contributed by atoms with Gasteiger partial charge in [0.05, 0.1) is 29.3 Å². The number of amides is 1. The minimum atomic E-state index is -3.35. The third-order valence-corrected chi connectivity index (χ3v) is 6.07. The number of aromatic nitrogens is 2. The Morgan fingerprint density at radius 1 is 1.18 bits per heavy atom. The molecule has 0 aliphatic carbocycles. The van der Waals surface area contributed by atoms with Crippen molar-refractivity contribution in [1.82, 2.24) is 15.3 Å². The summed E-state index contributed by atoms with van der Waals surface area (Å²) in [5.41, 5.74) is 6.96. The standard InChI is InChI=1S/C26H30N6O5S/c1-18(17-36-2)30-24-14-19(15-25(32-24)37-21-7-9-22(10-8-21)38(3,34)35)26(33)31-23(27)11-13-28-16-20-6-4-5-12-29-20/h4-15,18,28H,16-17H2,1-3H3,(H,30,32)(H2,27,31,33)/b13-11-. The molecule has 0 bridgehead atoms. The van der Waals surface area contributed by atoms with E-state index in [4.69, 9.17) is 15.2 Å². The number of hydrogen-bond donors (Lipinski definition) is 3. The van der Waals surface area contributed by atoms with Gasteiger partial charge in [-0.25, -0.2) is 8.42 Å². The van der Waals surface area contributed by atoms with E-state index in [9.17, 15) is 13.2 Å². The molecule has 0 radical (unpaired) electrons. The lowest BCUT2D eigenvalue weighted by molar-refractivity contribution is 0.100. The number of carbonyl (C=O) groups is 1. The zero-order valence-corrected chi connectivity index (χ0v) is 22.1. The van der Waals surface area contributed by atoms with Crippen molar-refractivity contribution < 1.29 is 22.7 Å². The molecule has 1 unspecified atom stereocenters. The third-order valence-electron chi connectivity index (χ3n) is 4.95. The van der Waals surface area contributed by atoms with Gasteiger partial charge in [0.2, 0.25) is 5.88 Å². The molecule has 1 amide bonds. The van der Waals surface area contributed by atoms with Crippen LogP contribution in [0.4, 0.5) is 5.82 Å². The Hall–Kier alpha value is -4.29. The number of ether oxygens (including phenoxy) is 2. The number of carbonyl (C=O) groups excluding carboxylic acids is 1.